The maximum absolute atomic E-state index is 13.6. The van der Waals surface area contributed by atoms with Gasteiger partial charge in [-0.05, 0) is 23.9 Å². The molecule has 0 saturated heterocycles. The van der Waals surface area contributed by atoms with Crippen LogP contribution in [-0.2, 0) is 7.05 Å². The van der Waals surface area contributed by atoms with E-state index >= 15 is 0 Å². The Hall–Kier alpha value is -1.94. The van der Waals surface area contributed by atoms with E-state index in [0.717, 1.165) is 23.9 Å². The summed E-state index contributed by atoms with van der Waals surface area (Å²) in [5, 5.41) is 16.2. The van der Waals surface area contributed by atoms with Crippen LogP contribution in [0.2, 0.25) is 0 Å². The Morgan fingerprint density at radius 2 is 2.00 bits per heavy atom. The summed E-state index contributed by atoms with van der Waals surface area (Å²) in [7, 11) is 1.67. The first-order valence-corrected chi connectivity index (χ1v) is 5.34. The van der Waals surface area contributed by atoms with E-state index in [0.29, 0.717) is 5.16 Å². The predicted molar refractivity (Wildman–Crippen MR) is 56.2 cm³/mol. The van der Waals surface area contributed by atoms with Crippen molar-refractivity contribution in [2.45, 2.75) is 10.1 Å². The number of aromatic nitrogens is 3. The zero-order valence-electron chi connectivity index (χ0n) is 8.69. The van der Waals surface area contributed by atoms with Crippen molar-refractivity contribution in [2.75, 3.05) is 0 Å². The zero-order valence-corrected chi connectivity index (χ0v) is 9.50. The predicted octanol–water partition coefficient (Wildman–Crippen LogP) is 2.12. The minimum absolute atomic E-state index is 0.0534. The maximum Gasteiger partial charge on any atom is 0.195 e. The highest BCUT2D eigenvalue weighted by Gasteiger charge is 2.15. The molecule has 0 amide bonds. The van der Waals surface area contributed by atoms with E-state index in [9.17, 15) is 8.78 Å². The molecule has 7 heteroatoms. The van der Waals surface area contributed by atoms with Crippen LogP contribution in [0.5, 0.6) is 0 Å². The minimum atomic E-state index is -0.783. The second-order valence-corrected chi connectivity index (χ2v) is 4.18. The summed E-state index contributed by atoms with van der Waals surface area (Å²) in [6.45, 7) is 0. The van der Waals surface area contributed by atoms with Crippen LogP contribution in [0.25, 0.3) is 0 Å². The highest BCUT2D eigenvalue weighted by molar-refractivity contribution is 7.99. The number of hydrogen-bond donors (Lipinski definition) is 0. The zero-order chi connectivity index (χ0) is 12.4. The topological polar surface area (TPSA) is 54.5 Å². The van der Waals surface area contributed by atoms with Gasteiger partial charge in [-0.1, -0.05) is 0 Å². The Bertz CT molecular complexity index is 580. The van der Waals surface area contributed by atoms with Gasteiger partial charge >= 0.3 is 0 Å². The molecular weight excluding hydrogens is 246 g/mol. The molecule has 0 unspecified atom stereocenters. The first kappa shape index (κ1) is 11.5. The van der Waals surface area contributed by atoms with Gasteiger partial charge in [0.25, 0.3) is 0 Å². The SMILES string of the molecule is Cn1cnnc1Sc1c(F)cc(C#N)cc1F. The summed E-state index contributed by atoms with van der Waals surface area (Å²) in [4.78, 5) is -0.194. The molecule has 0 aliphatic heterocycles. The van der Waals surface area contributed by atoms with Crippen molar-refractivity contribution in [3.8, 4) is 6.07 Å². The van der Waals surface area contributed by atoms with Crippen LogP contribution in [-0.4, -0.2) is 14.8 Å². The monoisotopic (exact) mass is 252 g/mol. The summed E-state index contributed by atoms with van der Waals surface area (Å²) in [6, 6.07) is 3.66. The maximum atomic E-state index is 13.6. The fraction of sp³-hybridized carbons (Fsp3) is 0.100. The van der Waals surface area contributed by atoms with Gasteiger partial charge in [-0.15, -0.1) is 10.2 Å². The van der Waals surface area contributed by atoms with Gasteiger partial charge in [-0.25, -0.2) is 8.78 Å². The lowest BCUT2D eigenvalue weighted by Gasteiger charge is -2.04. The standard InChI is InChI=1S/C10H6F2N4S/c1-16-5-14-15-10(16)17-9-7(11)2-6(4-13)3-8(9)12/h2-3,5H,1H3. The molecule has 2 aromatic rings. The van der Waals surface area contributed by atoms with Gasteiger partial charge in [0.15, 0.2) is 5.16 Å². The number of aryl methyl sites for hydroxylation is 1. The van der Waals surface area contributed by atoms with E-state index in [2.05, 4.69) is 10.2 Å². The Kier molecular flexibility index (Phi) is 3.06. The summed E-state index contributed by atoms with van der Waals surface area (Å²) in [5.41, 5.74) is -0.0534. The van der Waals surface area contributed by atoms with Crippen LogP contribution >= 0.6 is 11.8 Å². The molecule has 0 fully saturated rings. The number of hydrogen-bond acceptors (Lipinski definition) is 4. The van der Waals surface area contributed by atoms with E-state index < -0.39 is 11.6 Å². The lowest BCUT2D eigenvalue weighted by molar-refractivity contribution is 0.539. The first-order valence-electron chi connectivity index (χ1n) is 4.53. The summed E-state index contributed by atoms with van der Waals surface area (Å²) < 4.78 is 28.6. The van der Waals surface area contributed by atoms with Gasteiger partial charge in [-0.3, -0.25) is 0 Å². The Morgan fingerprint density at radius 1 is 1.35 bits per heavy atom. The molecule has 4 nitrogen and oxygen atoms in total. The van der Waals surface area contributed by atoms with E-state index in [1.807, 2.05) is 0 Å². The van der Waals surface area contributed by atoms with Gasteiger partial charge in [0.2, 0.25) is 0 Å². The lowest BCUT2D eigenvalue weighted by Crippen LogP contribution is -1.94. The number of nitrogens with zero attached hydrogens (tertiary/aromatic N) is 4. The normalized spacial score (nSPS) is 10.2. The van der Waals surface area contributed by atoms with E-state index in [4.69, 9.17) is 5.26 Å². The molecule has 86 valence electrons. The molecule has 2 rings (SSSR count). The van der Waals surface area contributed by atoms with E-state index in [1.165, 1.54) is 6.33 Å². The molecule has 1 heterocycles. The molecule has 0 spiro atoms. The number of benzene rings is 1. The number of nitriles is 1. The molecule has 0 aliphatic rings. The average molecular weight is 252 g/mol. The average Bonchev–Trinajstić information content (AvgIpc) is 2.69. The smallest absolute Gasteiger partial charge is 0.195 e. The Balaban J connectivity index is 2.41. The van der Waals surface area contributed by atoms with Crippen LogP contribution in [0, 0.1) is 23.0 Å². The van der Waals surface area contributed by atoms with Crippen LogP contribution in [0.3, 0.4) is 0 Å². The molecule has 0 N–H and O–H groups in total. The third-order valence-electron chi connectivity index (χ3n) is 1.99. The lowest BCUT2D eigenvalue weighted by atomic mass is 10.2. The molecule has 0 radical (unpaired) electrons. The molecule has 1 aromatic carbocycles. The van der Waals surface area contributed by atoms with Crippen molar-refractivity contribution in [2.24, 2.45) is 7.05 Å². The molecule has 0 bridgehead atoms. The minimum Gasteiger partial charge on any atom is -0.311 e. The van der Waals surface area contributed by atoms with Crippen molar-refractivity contribution in [3.63, 3.8) is 0 Å². The van der Waals surface area contributed by atoms with Gasteiger partial charge in [-0.2, -0.15) is 5.26 Å². The Labute approximate surface area is 99.9 Å². The fourth-order valence-corrected chi connectivity index (χ4v) is 1.95. The number of rotatable bonds is 2. The third kappa shape index (κ3) is 2.26. The second kappa shape index (κ2) is 4.51. The van der Waals surface area contributed by atoms with Crippen molar-refractivity contribution < 1.29 is 8.78 Å². The summed E-state index contributed by atoms with van der Waals surface area (Å²) in [6.07, 6.45) is 1.43. The van der Waals surface area contributed by atoms with Crippen LogP contribution < -0.4 is 0 Å². The van der Waals surface area contributed by atoms with Gasteiger partial charge in [0.1, 0.15) is 18.0 Å². The fourth-order valence-electron chi connectivity index (χ4n) is 1.18. The van der Waals surface area contributed by atoms with E-state index in [-0.39, 0.29) is 10.5 Å². The van der Waals surface area contributed by atoms with Crippen molar-refractivity contribution in [3.05, 3.63) is 35.7 Å². The highest BCUT2D eigenvalue weighted by atomic mass is 32.2. The summed E-state index contributed by atoms with van der Waals surface area (Å²) in [5.74, 6) is -1.57. The molecule has 1 aromatic heterocycles. The van der Waals surface area contributed by atoms with Crippen molar-refractivity contribution >= 4 is 11.8 Å². The summed E-state index contributed by atoms with van der Waals surface area (Å²) >= 11 is 0.823. The molecule has 0 saturated carbocycles. The van der Waals surface area contributed by atoms with Gasteiger partial charge in [0, 0.05) is 7.05 Å². The Morgan fingerprint density at radius 3 is 2.47 bits per heavy atom. The van der Waals surface area contributed by atoms with Crippen LogP contribution in [0.4, 0.5) is 8.78 Å². The molecule has 0 aliphatic carbocycles. The van der Waals surface area contributed by atoms with Crippen molar-refractivity contribution in [1.82, 2.24) is 14.8 Å². The van der Waals surface area contributed by atoms with Crippen LogP contribution in [0.1, 0.15) is 5.56 Å². The molecule has 0 atom stereocenters. The van der Waals surface area contributed by atoms with Crippen molar-refractivity contribution in [1.29, 1.82) is 5.26 Å². The second-order valence-electron chi connectivity index (χ2n) is 3.21. The molecule has 17 heavy (non-hydrogen) atoms. The largest absolute Gasteiger partial charge is 0.311 e. The van der Waals surface area contributed by atoms with Gasteiger partial charge in [0.05, 0.1) is 16.5 Å². The van der Waals surface area contributed by atoms with Crippen LogP contribution in [0.15, 0.2) is 28.5 Å². The number of halogens is 2. The first-order chi connectivity index (χ1) is 8.11. The molecular formula is C10H6F2N4S. The quantitative estimate of drug-likeness (QED) is 0.821. The third-order valence-corrected chi connectivity index (χ3v) is 3.14. The van der Waals surface area contributed by atoms with Gasteiger partial charge < -0.3 is 4.57 Å². The highest BCUT2D eigenvalue weighted by Crippen LogP contribution is 2.30. The van der Waals surface area contributed by atoms with E-state index in [1.54, 1.807) is 17.7 Å².